The van der Waals surface area contributed by atoms with Gasteiger partial charge in [-0.2, -0.15) is 0 Å². The van der Waals surface area contributed by atoms with E-state index >= 15 is 0 Å². The molecular weight excluding hydrogens is 242 g/mol. The van der Waals surface area contributed by atoms with Gasteiger partial charge in [0.2, 0.25) is 0 Å². The number of benzene rings is 1. The summed E-state index contributed by atoms with van der Waals surface area (Å²) in [6, 6.07) is 6.02. The molecule has 1 atom stereocenters. The van der Waals surface area contributed by atoms with Crippen molar-refractivity contribution in [2.24, 2.45) is 0 Å². The minimum atomic E-state index is -0.807. The van der Waals surface area contributed by atoms with Crippen LogP contribution in [0.15, 0.2) is 24.4 Å². The molecule has 19 heavy (non-hydrogen) atoms. The molecule has 1 unspecified atom stereocenters. The van der Waals surface area contributed by atoms with Crippen LogP contribution in [-0.2, 0) is 4.79 Å². The molecule has 0 saturated carbocycles. The summed E-state index contributed by atoms with van der Waals surface area (Å²) in [5, 5.41) is 10.2. The van der Waals surface area contributed by atoms with Crippen molar-refractivity contribution >= 4 is 16.9 Å². The van der Waals surface area contributed by atoms with Gasteiger partial charge in [0.25, 0.3) is 0 Å². The maximum Gasteiger partial charge on any atom is 0.310 e. The molecule has 0 bridgehead atoms. The molecule has 1 N–H and O–H groups in total. The van der Waals surface area contributed by atoms with E-state index in [9.17, 15) is 9.90 Å². The largest absolute Gasteiger partial charge is 0.497 e. The van der Waals surface area contributed by atoms with E-state index in [0.717, 1.165) is 22.2 Å². The average molecular weight is 261 g/mol. The molecule has 0 spiro atoms. The van der Waals surface area contributed by atoms with Gasteiger partial charge in [0.05, 0.1) is 18.5 Å². The highest BCUT2D eigenvalue weighted by Crippen LogP contribution is 2.32. The Hall–Kier alpha value is -1.97. The number of rotatable bonds is 4. The Kier molecular flexibility index (Phi) is 3.51. The second-order valence-electron chi connectivity index (χ2n) is 5.03. The van der Waals surface area contributed by atoms with Crippen LogP contribution in [0.1, 0.15) is 38.3 Å². The molecule has 2 aromatic rings. The Labute approximate surface area is 112 Å². The summed E-state index contributed by atoms with van der Waals surface area (Å²) in [5.41, 5.74) is 1.86. The van der Waals surface area contributed by atoms with Gasteiger partial charge in [-0.1, -0.05) is 0 Å². The van der Waals surface area contributed by atoms with Crippen LogP contribution in [0.5, 0.6) is 5.75 Å². The molecule has 2 rings (SSSR count). The van der Waals surface area contributed by atoms with Crippen LogP contribution in [-0.4, -0.2) is 22.8 Å². The van der Waals surface area contributed by atoms with E-state index in [-0.39, 0.29) is 6.04 Å². The maximum atomic E-state index is 11.2. The van der Waals surface area contributed by atoms with Crippen molar-refractivity contribution in [3.8, 4) is 5.75 Å². The van der Waals surface area contributed by atoms with Crippen LogP contribution in [0.4, 0.5) is 0 Å². The molecule has 4 heteroatoms. The highest BCUT2D eigenvalue weighted by Gasteiger charge is 2.20. The van der Waals surface area contributed by atoms with Gasteiger partial charge in [0, 0.05) is 23.7 Å². The highest BCUT2D eigenvalue weighted by molar-refractivity contribution is 5.90. The minimum absolute atomic E-state index is 0.268. The van der Waals surface area contributed by atoms with E-state index < -0.39 is 11.9 Å². The summed E-state index contributed by atoms with van der Waals surface area (Å²) in [6.07, 6.45) is 1.94. The van der Waals surface area contributed by atoms with Crippen LogP contribution in [0.3, 0.4) is 0 Å². The molecule has 0 fully saturated rings. The summed E-state index contributed by atoms with van der Waals surface area (Å²) in [6.45, 7) is 5.87. The van der Waals surface area contributed by atoms with Crippen molar-refractivity contribution in [3.05, 3.63) is 30.0 Å². The first-order valence-electron chi connectivity index (χ1n) is 6.37. The van der Waals surface area contributed by atoms with Crippen molar-refractivity contribution in [3.63, 3.8) is 0 Å². The highest BCUT2D eigenvalue weighted by atomic mass is 16.5. The van der Waals surface area contributed by atoms with Gasteiger partial charge in [0.15, 0.2) is 0 Å². The number of carboxylic acids is 1. The van der Waals surface area contributed by atoms with Crippen LogP contribution in [0.25, 0.3) is 10.9 Å². The molecule has 0 saturated heterocycles. The minimum Gasteiger partial charge on any atom is -0.497 e. The number of carbonyl (C=O) groups is 1. The fourth-order valence-electron chi connectivity index (χ4n) is 2.29. The quantitative estimate of drug-likeness (QED) is 0.917. The predicted octanol–water partition coefficient (Wildman–Crippen LogP) is 3.42. The normalized spacial score (nSPS) is 12.9. The molecule has 4 nitrogen and oxygen atoms in total. The molecule has 0 aliphatic heterocycles. The third-order valence-corrected chi connectivity index (χ3v) is 3.47. The summed E-state index contributed by atoms with van der Waals surface area (Å²) >= 11 is 0. The van der Waals surface area contributed by atoms with Gasteiger partial charge in [-0.15, -0.1) is 0 Å². The Morgan fingerprint density at radius 3 is 2.53 bits per heavy atom. The predicted molar refractivity (Wildman–Crippen MR) is 74.9 cm³/mol. The lowest BCUT2D eigenvalue weighted by atomic mass is 10.0. The number of carboxylic acid groups (broad SMARTS) is 1. The van der Waals surface area contributed by atoms with Gasteiger partial charge in [-0.25, -0.2) is 0 Å². The zero-order chi connectivity index (χ0) is 14.2. The van der Waals surface area contributed by atoms with Crippen molar-refractivity contribution < 1.29 is 14.6 Å². The second kappa shape index (κ2) is 4.96. The van der Waals surface area contributed by atoms with Gasteiger partial charge < -0.3 is 14.4 Å². The number of aliphatic carboxylic acids is 1. The smallest absolute Gasteiger partial charge is 0.310 e. The van der Waals surface area contributed by atoms with E-state index in [2.05, 4.69) is 18.4 Å². The summed E-state index contributed by atoms with van der Waals surface area (Å²) in [5.74, 6) is -0.545. The summed E-state index contributed by atoms with van der Waals surface area (Å²) < 4.78 is 7.33. The molecule has 1 heterocycles. The number of ether oxygens (including phenoxy) is 1. The monoisotopic (exact) mass is 261 g/mol. The van der Waals surface area contributed by atoms with Crippen molar-refractivity contribution in [2.75, 3.05) is 7.11 Å². The zero-order valence-corrected chi connectivity index (χ0v) is 11.7. The Morgan fingerprint density at radius 1 is 1.32 bits per heavy atom. The number of nitrogens with zero attached hydrogens (tertiary/aromatic N) is 1. The SMILES string of the molecule is COc1ccc2c(C(C)C(=O)O)cn(C(C)C)c2c1. The standard InChI is InChI=1S/C15H19NO3/c1-9(2)16-8-13(10(3)15(17)18)12-6-5-11(19-4)7-14(12)16/h5-10H,1-4H3,(H,17,18). The second-order valence-corrected chi connectivity index (χ2v) is 5.03. The molecule has 0 aliphatic rings. The average Bonchev–Trinajstić information content (AvgIpc) is 2.76. The van der Waals surface area contributed by atoms with Gasteiger partial charge in [-0.05, 0) is 38.5 Å². The third kappa shape index (κ3) is 2.30. The lowest BCUT2D eigenvalue weighted by Gasteiger charge is -2.09. The van der Waals surface area contributed by atoms with E-state index in [1.807, 2.05) is 24.4 Å². The molecule has 0 radical (unpaired) electrons. The maximum absolute atomic E-state index is 11.2. The van der Waals surface area contributed by atoms with E-state index in [1.54, 1.807) is 14.0 Å². The topological polar surface area (TPSA) is 51.5 Å². The Balaban J connectivity index is 2.70. The first kappa shape index (κ1) is 13.5. The first-order chi connectivity index (χ1) is 8.95. The van der Waals surface area contributed by atoms with Gasteiger partial charge >= 0.3 is 5.97 Å². The molecule has 1 aromatic heterocycles. The van der Waals surface area contributed by atoms with Crippen LogP contribution in [0.2, 0.25) is 0 Å². The molecule has 0 amide bonds. The Morgan fingerprint density at radius 2 is 2.00 bits per heavy atom. The Bertz CT molecular complexity index is 613. The lowest BCUT2D eigenvalue weighted by Crippen LogP contribution is -2.07. The van der Waals surface area contributed by atoms with Crippen molar-refractivity contribution in [1.29, 1.82) is 0 Å². The van der Waals surface area contributed by atoms with E-state index in [4.69, 9.17) is 4.74 Å². The third-order valence-electron chi connectivity index (χ3n) is 3.47. The number of hydrogen-bond donors (Lipinski definition) is 1. The number of aromatic nitrogens is 1. The van der Waals surface area contributed by atoms with Crippen LogP contribution >= 0.6 is 0 Å². The fraction of sp³-hybridized carbons (Fsp3) is 0.400. The van der Waals surface area contributed by atoms with E-state index in [0.29, 0.717) is 0 Å². The molecule has 102 valence electrons. The summed E-state index contributed by atoms with van der Waals surface area (Å²) in [7, 11) is 1.63. The van der Waals surface area contributed by atoms with Crippen LogP contribution < -0.4 is 4.74 Å². The van der Waals surface area contributed by atoms with Crippen molar-refractivity contribution in [2.45, 2.75) is 32.7 Å². The van der Waals surface area contributed by atoms with Gasteiger partial charge in [-0.3, -0.25) is 4.79 Å². The van der Waals surface area contributed by atoms with Gasteiger partial charge in [0.1, 0.15) is 5.75 Å². The first-order valence-corrected chi connectivity index (χ1v) is 6.37. The number of methoxy groups -OCH3 is 1. The van der Waals surface area contributed by atoms with Crippen molar-refractivity contribution in [1.82, 2.24) is 4.57 Å². The summed E-state index contributed by atoms with van der Waals surface area (Å²) in [4.78, 5) is 11.2. The zero-order valence-electron chi connectivity index (χ0n) is 11.7. The number of hydrogen-bond acceptors (Lipinski definition) is 2. The fourth-order valence-corrected chi connectivity index (χ4v) is 2.29. The lowest BCUT2D eigenvalue weighted by molar-refractivity contribution is -0.138. The van der Waals surface area contributed by atoms with E-state index in [1.165, 1.54) is 0 Å². The number of fused-ring (bicyclic) bond motifs is 1. The molecule has 1 aromatic carbocycles. The van der Waals surface area contributed by atoms with Crippen LogP contribution in [0, 0.1) is 0 Å². The molecule has 0 aliphatic carbocycles. The molecular formula is C15H19NO3.